The molecule has 0 spiro atoms. The number of nitrogens with one attached hydrogen (secondary N) is 2. The lowest BCUT2D eigenvalue weighted by molar-refractivity contribution is 0.270. The maximum Gasteiger partial charge on any atom is 0.242 e. The average molecular weight is 331 g/mol. The number of sulfonamides is 1. The Morgan fingerprint density at radius 2 is 2.00 bits per heavy atom. The molecule has 1 aliphatic rings. The van der Waals surface area contributed by atoms with Crippen LogP contribution in [-0.4, -0.2) is 20.5 Å². The maximum atomic E-state index is 12.4. The SMILES string of the molecule is CC1CC(NS(=O)(=O)c2cc(CNC(C)C)ccc2Cl)C1. The van der Waals surface area contributed by atoms with Gasteiger partial charge in [-0.15, -0.1) is 0 Å². The van der Waals surface area contributed by atoms with Crippen LogP contribution >= 0.6 is 11.6 Å². The van der Waals surface area contributed by atoms with Gasteiger partial charge in [0, 0.05) is 18.6 Å². The first kappa shape index (κ1) is 16.7. The van der Waals surface area contributed by atoms with E-state index in [2.05, 4.69) is 17.0 Å². The maximum absolute atomic E-state index is 12.4. The van der Waals surface area contributed by atoms with Crippen LogP contribution in [0, 0.1) is 5.92 Å². The van der Waals surface area contributed by atoms with E-state index in [9.17, 15) is 8.42 Å². The largest absolute Gasteiger partial charge is 0.310 e. The highest BCUT2D eigenvalue weighted by atomic mass is 35.5. The lowest BCUT2D eigenvalue weighted by Crippen LogP contribution is -2.43. The van der Waals surface area contributed by atoms with E-state index in [0.29, 0.717) is 18.5 Å². The molecule has 1 saturated carbocycles. The average Bonchev–Trinajstić information content (AvgIpc) is 2.35. The third-order valence-corrected chi connectivity index (χ3v) is 5.70. The summed E-state index contributed by atoms with van der Waals surface area (Å²) in [5.74, 6) is 0.592. The minimum absolute atomic E-state index is 0.0403. The van der Waals surface area contributed by atoms with E-state index in [-0.39, 0.29) is 16.0 Å². The first-order valence-electron chi connectivity index (χ1n) is 7.32. The van der Waals surface area contributed by atoms with Crippen molar-refractivity contribution < 1.29 is 8.42 Å². The molecule has 1 aromatic rings. The fourth-order valence-electron chi connectivity index (χ4n) is 2.47. The van der Waals surface area contributed by atoms with Gasteiger partial charge >= 0.3 is 0 Å². The van der Waals surface area contributed by atoms with E-state index in [1.165, 1.54) is 0 Å². The quantitative estimate of drug-likeness (QED) is 0.843. The molecule has 0 bridgehead atoms. The van der Waals surface area contributed by atoms with Crippen LogP contribution in [0.4, 0.5) is 0 Å². The zero-order valence-corrected chi connectivity index (χ0v) is 14.3. The highest BCUT2D eigenvalue weighted by Gasteiger charge is 2.30. The third kappa shape index (κ3) is 4.42. The van der Waals surface area contributed by atoms with Crippen molar-refractivity contribution in [3.8, 4) is 0 Å². The Labute approximate surface area is 132 Å². The molecule has 0 saturated heterocycles. The Morgan fingerprint density at radius 3 is 2.57 bits per heavy atom. The second kappa shape index (κ2) is 6.65. The van der Waals surface area contributed by atoms with Crippen LogP contribution in [0.2, 0.25) is 5.02 Å². The molecule has 118 valence electrons. The van der Waals surface area contributed by atoms with Crippen LogP contribution in [0.15, 0.2) is 23.1 Å². The zero-order valence-electron chi connectivity index (χ0n) is 12.7. The highest BCUT2D eigenvalue weighted by Crippen LogP contribution is 2.29. The number of hydrogen-bond donors (Lipinski definition) is 2. The lowest BCUT2D eigenvalue weighted by Gasteiger charge is -2.33. The van der Waals surface area contributed by atoms with Gasteiger partial charge in [-0.2, -0.15) is 0 Å². The summed E-state index contributed by atoms with van der Waals surface area (Å²) < 4.78 is 27.6. The second-order valence-electron chi connectivity index (χ2n) is 6.20. The van der Waals surface area contributed by atoms with E-state index in [1.54, 1.807) is 12.1 Å². The summed E-state index contributed by atoms with van der Waals surface area (Å²) in [7, 11) is -3.55. The fraction of sp³-hybridized carbons (Fsp3) is 0.600. The van der Waals surface area contributed by atoms with Crippen LogP contribution in [-0.2, 0) is 16.6 Å². The van der Waals surface area contributed by atoms with Crippen LogP contribution in [0.5, 0.6) is 0 Å². The molecule has 0 aliphatic heterocycles. The molecular weight excluding hydrogens is 308 g/mol. The first-order valence-corrected chi connectivity index (χ1v) is 9.18. The summed E-state index contributed by atoms with van der Waals surface area (Å²) in [6, 6.07) is 5.54. The monoisotopic (exact) mass is 330 g/mol. The molecule has 1 fully saturated rings. The van der Waals surface area contributed by atoms with Crippen molar-refractivity contribution in [1.29, 1.82) is 0 Å². The molecule has 4 nitrogen and oxygen atoms in total. The van der Waals surface area contributed by atoms with Crippen LogP contribution in [0.1, 0.15) is 39.2 Å². The van der Waals surface area contributed by atoms with Crippen LogP contribution in [0.25, 0.3) is 0 Å². The second-order valence-corrected chi connectivity index (χ2v) is 8.28. The topological polar surface area (TPSA) is 58.2 Å². The van der Waals surface area contributed by atoms with Crippen LogP contribution < -0.4 is 10.0 Å². The number of benzene rings is 1. The minimum atomic E-state index is -3.55. The van der Waals surface area contributed by atoms with E-state index < -0.39 is 10.0 Å². The van der Waals surface area contributed by atoms with Crippen LogP contribution in [0.3, 0.4) is 0 Å². The Bertz CT molecular complexity index is 596. The molecule has 2 N–H and O–H groups in total. The molecule has 0 amide bonds. The molecule has 21 heavy (non-hydrogen) atoms. The predicted octanol–water partition coefficient (Wildman–Crippen LogP) is 2.91. The molecule has 0 unspecified atom stereocenters. The van der Waals surface area contributed by atoms with Crippen molar-refractivity contribution >= 4 is 21.6 Å². The standard InChI is InChI=1S/C15H23ClN2O2S/c1-10(2)17-9-12-4-5-14(16)15(8-12)21(19,20)18-13-6-11(3)7-13/h4-5,8,10-11,13,17-18H,6-7,9H2,1-3H3. The molecule has 2 rings (SSSR count). The third-order valence-electron chi connectivity index (χ3n) is 3.70. The van der Waals surface area contributed by atoms with Gasteiger partial charge < -0.3 is 5.32 Å². The lowest BCUT2D eigenvalue weighted by atomic mass is 9.83. The van der Waals surface area contributed by atoms with E-state index in [0.717, 1.165) is 18.4 Å². The highest BCUT2D eigenvalue weighted by molar-refractivity contribution is 7.89. The molecule has 0 atom stereocenters. The Morgan fingerprint density at radius 1 is 1.33 bits per heavy atom. The minimum Gasteiger partial charge on any atom is -0.310 e. The normalized spacial score (nSPS) is 22.3. The van der Waals surface area contributed by atoms with Gasteiger partial charge in [0.05, 0.1) is 5.02 Å². The Balaban J connectivity index is 2.15. The van der Waals surface area contributed by atoms with E-state index in [4.69, 9.17) is 11.6 Å². The van der Waals surface area contributed by atoms with Gasteiger partial charge in [0.15, 0.2) is 0 Å². The van der Waals surface area contributed by atoms with Gasteiger partial charge in [0.25, 0.3) is 0 Å². The smallest absolute Gasteiger partial charge is 0.242 e. The zero-order chi connectivity index (χ0) is 15.6. The first-order chi connectivity index (χ1) is 9.78. The summed E-state index contributed by atoms with van der Waals surface area (Å²) in [5.41, 5.74) is 0.912. The molecule has 0 radical (unpaired) electrons. The fourth-order valence-corrected chi connectivity index (χ4v) is 4.28. The molecule has 1 aromatic carbocycles. The molecule has 0 aromatic heterocycles. The van der Waals surface area contributed by atoms with E-state index >= 15 is 0 Å². The summed E-state index contributed by atoms with van der Waals surface area (Å²) >= 11 is 6.08. The van der Waals surface area contributed by atoms with E-state index in [1.807, 2.05) is 19.9 Å². The number of hydrogen-bond acceptors (Lipinski definition) is 3. The molecule has 0 heterocycles. The van der Waals surface area contributed by atoms with Crippen molar-refractivity contribution in [3.63, 3.8) is 0 Å². The number of rotatable bonds is 6. The summed E-state index contributed by atoms with van der Waals surface area (Å²) in [4.78, 5) is 0.173. The summed E-state index contributed by atoms with van der Waals surface area (Å²) in [6.07, 6.45) is 1.79. The predicted molar refractivity (Wildman–Crippen MR) is 85.9 cm³/mol. The van der Waals surface area contributed by atoms with Gasteiger partial charge in [-0.3, -0.25) is 0 Å². The van der Waals surface area contributed by atoms with Gasteiger partial charge in [-0.25, -0.2) is 13.1 Å². The Kier molecular flexibility index (Phi) is 5.30. The Hall–Kier alpha value is -0.620. The molecule has 6 heteroatoms. The number of halogens is 1. The van der Waals surface area contributed by atoms with Gasteiger partial charge in [0.2, 0.25) is 10.0 Å². The van der Waals surface area contributed by atoms with Crippen molar-refractivity contribution in [2.45, 2.75) is 57.1 Å². The van der Waals surface area contributed by atoms with Gasteiger partial charge in [-0.1, -0.05) is 38.4 Å². The van der Waals surface area contributed by atoms with Gasteiger partial charge in [-0.05, 0) is 36.5 Å². The van der Waals surface area contributed by atoms with Crippen molar-refractivity contribution in [2.24, 2.45) is 5.92 Å². The van der Waals surface area contributed by atoms with Crippen molar-refractivity contribution in [3.05, 3.63) is 28.8 Å². The molecular formula is C15H23ClN2O2S. The summed E-state index contributed by atoms with van der Waals surface area (Å²) in [6.45, 7) is 6.84. The molecule has 1 aliphatic carbocycles. The van der Waals surface area contributed by atoms with Gasteiger partial charge in [0.1, 0.15) is 4.90 Å². The summed E-state index contributed by atoms with van der Waals surface area (Å²) in [5, 5.41) is 3.54. The van der Waals surface area contributed by atoms with Crippen molar-refractivity contribution in [2.75, 3.05) is 0 Å². The van der Waals surface area contributed by atoms with Crippen molar-refractivity contribution in [1.82, 2.24) is 10.0 Å².